The van der Waals surface area contributed by atoms with Crippen LogP contribution in [0.3, 0.4) is 0 Å². The van der Waals surface area contributed by atoms with Crippen molar-refractivity contribution in [2.75, 3.05) is 25.9 Å². The Bertz CT molecular complexity index is 429. The quantitative estimate of drug-likeness (QED) is 0.766. The van der Waals surface area contributed by atoms with Crippen LogP contribution in [0.4, 0.5) is 0 Å². The number of likely N-dealkylation sites (tertiary alicyclic amines) is 1. The van der Waals surface area contributed by atoms with Gasteiger partial charge in [0.2, 0.25) is 15.9 Å². The summed E-state index contributed by atoms with van der Waals surface area (Å²) in [6, 6.07) is -0.0345. The van der Waals surface area contributed by atoms with Gasteiger partial charge in [0.05, 0.1) is 12.8 Å². The van der Waals surface area contributed by atoms with Crippen molar-refractivity contribution >= 4 is 15.9 Å². The molecule has 0 aromatic carbocycles. The van der Waals surface area contributed by atoms with Crippen molar-refractivity contribution in [2.24, 2.45) is 0 Å². The highest BCUT2D eigenvalue weighted by atomic mass is 32.2. The van der Waals surface area contributed by atoms with Crippen LogP contribution >= 0.6 is 0 Å². The Morgan fingerprint density at radius 1 is 1.30 bits per heavy atom. The molecule has 1 heterocycles. The van der Waals surface area contributed by atoms with Crippen LogP contribution in [0.15, 0.2) is 0 Å². The molecule has 0 radical (unpaired) electrons. The molecule has 0 aromatic heterocycles. The van der Waals surface area contributed by atoms with Crippen molar-refractivity contribution in [2.45, 2.75) is 51.6 Å². The first kappa shape index (κ1) is 17.4. The number of nitrogens with one attached hydrogen (secondary N) is 2. The highest BCUT2D eigenvalue weighted by molar-refractivity contribution is 7.88. The van der Waals surface area contributed by atoms with Gasteiger partial charge in [0.25, 0.3) is 0 Å². The van der Waals surface area contributed by atoms with Gasteiger partial charge in [0.1, 0.15) is 0 Å². The number of rotatable bonds is 5. The van der Waals surface area contributed by atoms with Gasteiger partial charge >= 0.3 is 0 Å². The molecule has 0 saturated carbocycles. The molecule has 0 bridgehead atoms. The first-order chi connectivity index (χ1) is 9.08. The van der Waals surface area contributed by atoms with Gasteiger partial charge in [0.15, 0.2) is 0 Å². The van der Waals surface area contributed by atoms with E-state index in [0.717, 1.165) is 25.5 Å². The van der Waals surface area contributed by atoms with Crippen LogP contribution in [0.5, 0.6) is 0 Å². The summed E-state index contributed by atoms with van der Waals surface area (Å²) in [7, 11) is -3.21. The molecule has 1 aliphatic rings. The summed E-state index contributed by atoms with van der Waals surface area (Å²) in [5, 5.41) is 3.18. The number of carbonyl (C=O) groups is 1. The molecule has 0 spiro atoms. The zero-order valence-electron chi connectivity index (χ0n) is 12.9. The second-order valence-electron chi connectivity index (χ2n) is 6.46. The zero-order valence-corrected chi connectivity index (χ0v) is 13.7. The van der Waals surface area contributed by atoms with Crippen molar-refractivity contribution < 1.29 is 13.2 Å². The SMILES string of the molecule is CC(C)(C)NCC(=O)N1CCCCC1CNS(C)(=O)=O. The third-order valence-corrected chi connectivity index (χ3v) is 3.99. The average Bonchev–Trinajstić information content (AvgIpc) is 2.32. The minimum atomic E-state index is -3.21. The van der Waals surface area contributed by atoms with Crippen LogP contribution < -0.4 is 10.0 Å². The first-order valence-electron chi connectivity index (χ1n) is 7.08. The molecular weight excluding hydrogens is 278 g/mol. The predicted molar refractivity (Wildman–Crippen MR) is 80.0 cm³/mol. The number of sulfonamides is 1. The molecule has 1 rings (SSSR count). The molecule has 1 unspecified atom stereocenters. The van der Waals surface area contributed by atoms with Gasteiger partial charge in [-0.2, -0.15) is 0 Å². The standard InChI is InChI=1S/C13H27N3O3S/c1-13(2,3)14-10-12(17)16-8-6-5-7-11(16)9-15-20(4,18)19/h11,14-15H,5-10H2,1-4H3. The number of amides is 1. The molecular formula is C13H27N3O3S. The molecule has 1 amide bonds. The Morgan fingerprint density at radius 2 is 1.95 bits per heavy atom. The summed E-state index contributed by atoms with van der Waals surface area (Å²) in [4.78, 5) is 14.1. The van der Waals surface area contributed by atoms with Crippen LogP contribution in [0, 0.1) is 0 Å². The second kappa shape index (κ2) is 6.87. The molecule has 1 aliphatic heterocycles. The fourth-order valence-corrected chi connectivity index (χ4v) is 2.73. The second-order valence-corrected chi connectivity index (χ2v) is 8.29. The predicted octanol–water partition coefficient (Wildman–Crippen LogP) is 0.305. The van der Waals surface area contributed by atoms with Crippen LogP contribution in [0.1, 0.15) is 40.0 Å². The minimum Gasteiger partial charge on any atom is -0.337 e. The van der Waals surface area contributed by atoms with E-state index < -0.39 is 10.0 Å². The van der Waals surface area contributed by atoms with Crippen LogP contribution in [-0.2, 0) is 14.8 Å². The fraction of sp³-hybridized carbons (Fsp3) is 0.923. The van der Waals surface area contributed by atoms with E-state index in [4.69, 9.17) is 0 Å². The lowest BCUT2D eigenvalue weighted by molar-refractivity contribution is -0.134. The Morgan fingerprint density at radius 3 is 2.50 bits per heavy atom. The lowest BCUT2D eigenvalue weighted by atomic mass is 10.0. The highest BCUT2D eigenvalue weighted by Gasteiger charge is 2.27. The van der Waals surface area contributed by atoms with E-state index in [2.05, 4.69) is 10.0 Å². The molecule has 2 N–H and O–H groups in total. The van der Waals surface area contributed by atoms with Crippen LogP contribution in [-0.4, -0.2) is 56.7 Å². The lowest BCUT2D eigenvalue weighted by Crippen LogP contribution is -2.53. The van der Waals surface area contributed by atoms with Gasteiger partial charge in [-0.15, -0.1) is 0 Å². The molecule has 1 atom stereocenters. The largest absolute Gasteiger partial charge is 0.337 e. The van der Waals surface area contributed by atoms with E-state index in [9.17, 15) is 13.2 Å². The maximum Gasteiger partial charge on any atom is 0.236 e. The molecule has 7 heteroatoms. The number of carbonyl (C=O) groups excluding carboxylic acids is 1. The summed E-state index contributed by atoms with van der Waals surface area (Å²) in [6.07, 6.45) is 4.01. The van der Waals surface area contributed by atoms with E-state index in [1.165, 1.54) is 0 Å². The topological polar surface area (TPSA) is 78.5 Å². The Kier molecular flexibility index (Phi) is 5.97. The Labute approximate surface area is 122 Å². The lowest BCUT2D eigenvalue weighted by Gasteiger charge is -2.36. The first-order valence-corrected chi connectivity index (χ1v) is 8.97. The summed E-state index contributed by atoms with van der Waals surface area (Å²) < 4.78 is 24.9. The Balaban J connectivity index is 2.57. The maximum atomic E-state index is 12.3. The normalized spacial score (nSPS) is 21.0. The summed E-state index contributed by atoms with van der Waals surface area (Å²) >= 11 is 0. The molecule has 0 aliphatic carbocycles. The third kappa shape index (κ3) is 6.67. The molecule has 0 aromatic rings. The van der Waals surface area contributed by atoms with Crippen LogP contribution in [0.2, 0.25) is 0 Å². The summed E-state index contributed by atoms with van der Waals surface area (Å²) in [6.45, 7) is 7.34. The van der Waals surface area contributed by atoms with Gasteiger partial charge in [-0.1, -0.05) is 0 Å². The van der Waals surface area contributed by atoms with E-state index in [-0.39, 0.29) is 17.5 Å². The number of piperidine rings is 1. The molecule has 1 saturated heterocycles. The van der Waals surface area contributed by atoms with E-state index in [1.807, 2.05) is 20.8 Å². The van der Waals surface area contributed by atoms with Crippen molar-refractivity contribution in [3.05, 3.63) is 0 Å². The fourth-order valence-electron chi connectivity index (χ4n) is 2.23. The van der Waals surface area contributed by atoms with Gasteiger partial charge in [-0.3, -0.25) is 4.79 Å². The maximum absolute atomic E-state index is 12.3. The molecule has 20 heavy (non-hydrogen) atoms. The van der Waals surface area contributed by atoms with E-state index >= 15 is 0 Å². The van der Waals surface area contributed by atoms with E-state index in [1.54, 1.807) is 4.90 Å². The van der Waals surface area contributed by atoms with Gasteiger partial charge in [-0.25, -0.2) is 13.1 Å². The molecule has 6 nitrogen and oxygen atoms in total. The summed E-state index contributed by atoms with van der Waals surface area (Å²) in [5.41, 5.74) is -0.105. The summed E-state index contributed by atoms with van der Waals surface area (Å²) in [5.74, 6) is 0.0416. The smallest absolute Gasteiger partial charge is 0.236 e. The number of hydrogen-bond acceptors (Lipinski definition) is 4. The average molecular weight is 305 g/mol. The van der Waals surface area contributed by atoms with Gasteiger partial charge in [-0.05, 0) is 40.0 Å². The van der Waals surface area contributed by atoms with E-state index in [0.29, 0.717) is 19.6 Å². The number of nitrogens with zero attached hydrogens (tertiary/aromatic N) is 1. The highest BCUT2D eigenvalue weighted by Crippen LogP contribution is 2.16. The number of hydrogen-bond donors (Lipinski definition) is 2. The third-order valence-electron chi connectivity index (χ3n) is 3.30. The van der Waals surface area contributed by atoms with Crippen LogP contribution in [0.25, 0.3) is 0 Å². The monoisotopic (exact) mass is 305 g/mol. The van der Waals surface area contributed by atoms with Crippen molar-refractivity contribution in [1.82, 2.24) is 14.9 Å². The van der Waals surface area contributed by atoms with Crippen molar-refractivity contribution in [3.63, 3.8) is 0 Å². The van der Waals surface area contributed by atoms with Gasteiger partial charge in [0, 0.05) is 24.7 Å². The van der Waals surface area contributed by atoms with Crippen molar-refractivity contribution in [3.8, 4) is 0 Å². The zero-order chi connectivity index (χ0) is 15.4. The minimum absolute atomic E-state index is 0.0345. The molecule has 118 valence electrons. The Hall–Kier alpha value is -0.660. The van der Waals surface area contributed by atoms with Crippen molar-refractivity contribution in [1.29, 1.82) is 0 Å². The van der Waals surface area contributed by atoms with Gasteiger partial charge < -0.3 is 10.2 Å². The molecule has 1 fully saturated rings.